The number of rotatable bonds is 4. The molecule has 0 spiro atoms. The number of aryl methyl sites for hydroxylation is 1. The average Bonchev–Trinajstić information content (AvgIpc) is 2.55. The van der Waals surface area contributed by atoms with Gasteiger partial charge in [-0.05, 0) is 82.1 Å². The monoisotopic (exact) mass is 393 g/mol. The fourth-order valence-corrected chi connectivity index (χ4v) is 4.53. The molecule has 0 saturated heterocycles. The Morgan fingerprint density at radius 3 is 2.33 bits per heavy atom. The molecule has 2 atom stereocenters. The molecule has 2 fully saturated rings. The molecule has 1 aromatic rings. The Bertz CT molecular complexity index is 678. The molecule has 2 bridgehead atoms. The Morgan fingerprint density at radius 2 is 1.78 bits per heavy atom. The maximum Gasteiger partial charge on any atom is 0.251 e. The molecule has 3 rings (SSSR count). The minimum Gasteiger partial charge on any atom is -0.350 e. The van der Waals surface area contributed by atoms with E-state index in [0.717, 1.165) is 36.9 Å². The summed E-state index contributed by atoms with van der Waals surface area (Å²) in [6.07, 6.45) is 5.35. The molecule has 6 heteroatoms. The van der Waals surface area contributed by atoms with Gasteiger partial charge in [-0.3, -0.25) is 9.59 Å². The lowest BCUT2D eigenvalue weighted by atomic mass is 9.65. The zero-order chi connectivity index (χ0) is 18.8. The Balaban J connectivity index is 0.00000261. The van der Waals surface area contributed by atoms with E-state index in [-0.39, 0.29) is 42.2 Å². The molecule has 2 aliphatic rings. The summed E-state index contributed by atoms with van der Waals surface area (Å²) >= 11 is 0. The molecule has 2 unspecified atom stereocenters. The van der Waals surface area contributed by atoms with Crippen molar-refractivity contribution in [3.63, 3.8) is 0 Å². The second kappa shape index (κ2) is 9.07. The van der Waals surface area contributed by atoms with Crippen LogP contribution in [0.25, 0.3) is 0 Å². The van der Waals surface area contributed by atoms with Crippen molar-refractivity contribution >= 4 is 29.9 Å². The van der Waals surface area contributed by atoms with E-state index in [1.807, 2.05) is 32.9 Å². The third kappa shape index (κ3) is 5.02. The van der Waals surface area contributed by atoms with Gasteiger partial charge in [0.05, 0.1) is 0 Å². The zero-order valence-electron chi connectivity index (χ0n) is 16.5. The van der Waals surface area contributed by atoms with Gasteiger partial charge in [0.2, 0.25) is 5.91 Å². The van der Waals surface area contributed by atoms with Crippen molar-refractivity contribution in [3.8, 4) is 0 Å². The van der Waals surface area contributed by atoms with Gasteiger partial charge in [-0.2, -0.15) is 0 Å². The summed E-state index contributed by atoms with van der Waals surface area (Å²) in [4.78, 5) is 24.9. The summed E-state index contributed by atoms with van der Waals surface area (Å²) < 4.78 is 0. The van der Waals surface area contributed by atoms with Gasteiger partial charge in [0.1, 0.15) is 0 Å². The molecule has 0 aliphatic heterocycles. The van der Waals surface area contributed by atoms with E-state index in [0.29, 0.717) is 17.4 Å². The van der Waals surface area contributed by atoms with Crippen LogP contribution in [0.15, 0.2) is 18.2 Å². The fourth-order valence-electron chi connectivity index (χ4n) is 4.53. The second-order valence-electron chi connectivity index (χ2n) is 8.34. The van der Waals surface area contributed by atoms with Crippen LogP contribution in [0.2, 0.25) is 0 Å². The Labute approximate surface area is 168 Å². The van der Waals surface area contributed by atoms with Crippen molar-refractivity contribution in [2.45, 2.75) is 65.0 Å². The highest BCUT2D eigenvalue weighted by atomic mass is 35.5. The number of nitrogens with two attached hydrogens (primary N) is 1. The summed E-state index contributed by atoms with van der Waals surface area (Å²) in [5, 5.41) is 5.97. The van der Waals surface area contributed by atoms with E-state index in [2.05, 4.69) is 10.6 Å². The normalized spacial score (nSPS) is 26.9. The molecule has 150 valence electrons. The van der Waals surface area contributed by atoms with Crippen LogP contribution in [0.1, 0.15) is 61.9 Å². The number of fused-ring (bicyclic) bond motifs is 2. The summed E-state index contributed by atoms with van der Waals surface area (Å²) in [7, 11) is 0. The van der Waals surface area contributed by atoms with Gasteiger partial charge in [-0.1, -0.05) is 6.42 Å². The Kier molecular flexibility index (Phi) is 7.29. The van der Waals surface area contributed by atoms with Crippen molar-refractivity contribution in [1.29, 1.82) is 0 Å². The first-order chi connectivity index (χ1) is 12.3. The average molecular weight is 394 g/mol. The number of hydrogen-bond donors (Lipinski definition) is 3. The third-order valence-electron chi connectivity index (χ3n) is 5.95. The number of hydrogen-bond acceptors (Lipinski definition) is 3. The number of carbonyl (C=O) groups excluding carboxylic acids is 2. The number of nitrogens with one attached hydrogen (secondary N) is 2. The van der Waals surface area contributed by atoms with Crippen molar-refractivity contribution in [2.75, 3.05) is 5.32 Å². The van der Waals surface area contributed by atoms with Crippen LogP contribution in [0.3, 0.4) is 0 Å². The number of amides is 2. The quantitative estimate of drug-likeness (QED) is 0.729. The molecule has 4 N–H and O–H groups in total. The molecule has 1 aromatic carbocycles. The van der Waals surface area contributed by atoms with Crippen LogP contribution >= 0.6 is 12.4 Å². The van der Waals surface area contributed by atoms with Crippen LogP contribution in [0, 0.1) is 24.7 Å². The van der Waals surface area contributed by atoms with Crippen LogP contribution in [-0.4, -0.2) is 23.9 Å². The maximum absolute atomic E-state index is 12.8. The van der Waals surface area contributed by atoms with E-state index < -0.39 is 0 Å². The minimum absolute atomic E-state index is 0. The lowest BCUT2D eigenvalue weighted by Crippen LogP contribution is -2.48. The first-order valence-corrected chi connectivity index (χ1v) is 9.83. The lowest BCUT2D eigenvalue weighted by Gasteiger charge is -2.43. The highest BCUT2D eigenvalue weighted by Gasteiger charge is 2.40. The second-order valence-corrected chi connectivity index (χ2v) is 8.34. The van der Waals surface area contributed by atoms with Crippen molar-refractivity contribution in [3.05, 3.63) is 29.3 Å². The zero-order valence-corrected chi connectivity index (χ0v) is 17.3. The van der Waals surface area contributed by atoms with Gasteiger partial charge in [0.25, 0.3) is 5.91 Å². The first kappa shape index (κ1) is 21.7. The van der Waals surface area contributed by atoms with Gasteiger partial charge in [0.15, 0.2) is 0 Å². The first-order valence-electron chi connectivity index (χ1n) is 9.83. The summed E-state index contributed by atoms with van der Waals surface area (Å²) in [6, 6.07) is 5.80. The Morgan fingerprint density at radius 1 is 1.15 bits per heavy atom. The number of carbonyl (C=O) groups is 2. The largest absolute Gasteiger partial charge is 0.350 e. The number of benzene rings is 1. The van der Waals surface area contributed by atoms with Crippen LogP contribution < -0.4 is 16.4 Å². The van der Waals surface area contributed by atoms with Crippen molar-refractivity contribution < 1.29 is 9.59 Å². The fraction of sp³-hybridized carbons (Fsp3) is 0.619. The predicted octanol–water partition coefficient (Wildman–Crippen LogP) is 3.65. The third-order valence-corrected chi connectivity index (χ3v) is 5.95. The molecule has 2 amide bonds. The summed E-state index contributed by atoms with van der Waals surface area (Å²) in [6.45, 7) is 5.79. The topological polar surface area (TPSA) is 84.2 Å². The van der Waals surface area contributed by atoms with Gasteiger partial charge in [-0.15, -0.1) is 12.4 Å². The highest BCUT2D eigenvalue weighted by molar-refractivity contribution is 5.97. The van der Waals surface area contributed by atoms with Crippen molar-refractivity contribution in [2.24, 2.45) is 23.5 Å². The molecule has 27 heavy (non-hydrogen) atoms. The molecule has 5 nitrogen and oxygen atoms in total. The molecule has 2 aliphatic carbocycles. The van der Waals surface area contributed by atoms with Gasteiger partial charge in [0, 0.05) is 29.3 Å². The van der Waals surface area contributed by atoms with E-state index in [1.165, 1.54) is 6.42 Å². The van der Waals surface area contributed by atoms with Gasteiger partial charge in [-0.25, -0.2) is 0 Å². The molecule has 0 radical (unpaired) electrons. The molecule has 2 saturated carbocycles. The predicted molar refractivity (Wildman–Crippen MR) is 111 cm³/mol. The van der Waals surface area contributed by atoms with Crippen LogP contribution in [0.4, 0.5) is 5.69 Å². The van der Waals surface area contributed by atoms with Crippen molar-refractivity contribution in [1.82, 2.24) is 5.32 Å². The number of anilines is 1. The van der Waals surface area contributed by atoms with E-state index in [4.69, 9.17) is 5.73 Å². The minimum atomic E-state index is -0.0879. The van der Waals surface area contributed by atoms with Gasteiger partial charge >= 0.3 is 0 Å². The van der Waals surface area contributed by atoms with E-state index in [9.17, 15) is 9.59 Å². The molecular weight excluding hydrogens is 362 g/mol. The summed E-state index contributed by atoms with van der Waals surface area (Å²) in [5.41, 5.74) is 8.64. The smallest absolute Gasteiger partial charge is 0.251 e. The Hall–Kier alpha value is -1.59. The SMILES string of the molecule is Cc1cc(C(=O)NC(C)C)ccc1NC(=O)C1CC2CCCC(C1)C2N.Cl. The van der Waals surface area contributed by atoms with Crippen LogP contribution in [0.5, 0.6) is 0 Å². The van der Waals surface area contributed by atoms with Crippen LogP contribution in [-0.2, 0) is 4.79 Å². The molecule has 0 heterocycles. The van der Waals surface area contributed by atoms with E-state index >= 15 is 0 Å². The maximum atomic E-state index is 12.8. The molecule has 0 aromatic heterocycles. The van der Waals surface area contributed by atoms with Gasteiger partial charge < -0.3 is 16.4 Å². The standard InChI is InChI=1S/C21H31N3O2.ClH/c1-12(2)23-20(25)16-7-8-18(13(3)9-16)24-21(26)17-10-14-5-4-6-15(11-17)19(14)22;/h7-9,12,14-15,17,19H,4-6,10-11,22H2,1-3H3,(H,23,25)(H,24,26);1H. The number of halogens is 1. The molecular formula is C21H32ClN3O2. The van der Waals surface area contributed by atoms with E-state index in [1.54, 1.807) is 6.07 Å². The lowest BCUT2D eigenvalue weighted by molar-refractivity contribution is -0.122. The summed E-state index contributed by atoms with van der Waals surface area (Å²) in [5.74, 6) is 1.03. The highest BCUT2D eigenvalue weighted by Crippen LogP contribution is 2.42.